The lowest BCUT2D eigenvalue weighted by molar-refractivity contribution is 0.0353. The van der Waals surface area contributed by atoms with E-state index in [1.54, 1.807) is 6.20 Å². The van der Waals surface area contributed by atoms with Crippen LogP contribution in [0, 0.1) is 0 Å². The molecule has 2 heterocycles. The van der Waals surface area contributed by atoms with Gasteiger partial charge in [0.1, 0.15) is 0 Å². The van der Waals surface area contributed by atoms with Crippen LogP contribution in [0.3, 0.4) is 0 Å². The SMILES string of the molecule is CCN1CCN(C(CO)c2ccccn2)CC1C. The van der Waals surface area contributed by atoms with Crippen LogP contribution in [0.1, 0.15) is 25.6 Å². The second-order valence-electron chi connectivity index (χ2n) is 4.93. The summed E-state index contributed by atoms with van der Waals surface area (Å²) in [5, 5.41) is 9.65. The summed E-state index contributed by atoms with van der Waals surface area (Å²) in [4.78, 5) is 9.20. The number of aliphatic hydroxyl groups excluding tert-OH is 1. The average Bonchev–Trinajstić information content (AvgIpc) is 2.41. The zero-order valence-corrected chi connectivity index (χ0v) is 11.3. The topological polar surface area (TPSA) is 39.6 Å². The maximum atomic E-state index is 9.65. The van der Waals surface area contributed by atoms with Crippen molar-refractivity contribution in [1.29, 1.82) is 0 Å². The highest BCUT2D eigenvalue weighted by Gasteiger charge is 2.28. The van der Waals surface area contributed by atoms with Gasteiger partial charge in [0.05, 0.1) is 18.3 Å². The van der Waals surface area contributed by atoms with Gasteiger partial charge in [0.15, 0.2) is 0 Å². The van der Waals surface area contributed by atoms with Crippen molar-refractivity contribution in [2.45, 2.75) is 25.9 Å². The summed E-state index contributed by atoms with van der Waals surface area (Å²) in [7, 11) is 0. The molecular formula is C14H23N3O. The molecule has 1 fully saturated rings. The van der Waals surface area contributed by atoms with Gasteiger partial charge in [-0.2, -0.15) is 0 Å². The van der Waals surface area contributed by atoms with Crippen molar-refractivity contribution < 1.29 is 5.11 Å². The second-order valence-corrected chi connectivity index (χ2v) is 4.93. The zero-order valence-electron chi connectivity index (χ0n) is 11.3. The Kier molecular flexibility index (Phi) is 4.69. The Morgan fingerprint density at radius 2 is 2.28 bits per heavy atom. The summed E-state index contributed by atoms with van der Waals surface area (Å²) in [6.45, 7) is 8.76. The highest BCUT2D eigenvalue weighted by atomic mass is 16.3. The molecule has 2 atom stereocenters. The van der Waals surface area contributed by atoms with E-state index in [0.29, 0.717) is 6.04 Å². The minimum absolute atomic E-state index is 0.0349. The van der Waals surface area contributed by atoms with Crippen molar-refractivity contribution in [2.75, 3.05) is 32.8 Å². The van der Waals surface area contributed by atoms with E-state index in [1.165, 1.54) is 0 Å². The van der Waals surface area contributed by atoms with Gasteiger partial charge in [-0.3, -0.25) is 14.8 Å². The Labute approximate surface area is 109 Å². The lowest BCUT2D eigenvalue weighted by atomic mass is 10.1. The van der Waals surface area contributed by atoms with E-state index in [1.807, 2.05) is 18.2 Å². The number of nitrogens with zero attached hydrogens (tertiary/aromatic N) is 3. The van der Waals surface area contributed by atoms with Crippen molar-refractivity contribution >= 4 is 0 Å². The van der Waals surface area contributed by atoms with E-state index in [0.717, 1.165) is 31.9 Å². The van der Waals surface area contributed by atoms with E-state index in [4.69, 9.17) is 0 Å². The van der Waals surface area contributed by atoms with E-state index < -0.39 is 0 Å². The van der Waals surface area contributed by atoms with Gasteiger partial charge in [-0.05, 0) is 25.6 Å². The third kappa shape index (κ3) is 2.88. The normalized spacial score (nSPS) is 24.1. The summed E-state index contributed by atoms with van der Waals surface area (Å²) in [6.07, 6.45) is 1.80. The van der Waals surface area contributed by atoms with Crippen LogP contribution < -0.4 is 0 Å². The minimum atomic E-state index is 0.0349. The fourth-order valence-electron chi connectivity index (χ4n) is 2.75. The summed E-state index contributed by atoms with van der Waals surface area (Å²) < 4.78 is 0. The van der Waals surface area contributed by atoms with Gasteiger partial charge < -0.3 is 5.11 Å². The van der Waals surface area contributed by atoms with Crippen LogP contribution in [0.5, 0.6) is 0 Å². The van der Waals surface area contributed by atoms with Crippen LogP contribution in [-0.2, 0) is 0 Å². The molecule has 1 aromatic rings. The molecule has 0 amide bonds. The predicted octanol–water partition coefficient (Wildman–Crippen LogP) is 1.14. The van der Waals surface area contributed by atoms with Crippen LogP contribution in [0.15, 0.2) is 24.4 Å². The molecule has 0 spiro atoms. The first kappa shape index (κ1) is 13.5. The summed E-state index contributed by atoms with van der Waals surface area (Å²) in [6, 6.07) is 6.47. The molecule has 2 rings (SSSR count). The Morgan fingerprint density at radius 1 is 1.44 bits per heavy atom. The number of hydrogen-bond donors (Lipinski definition) is 1. The zero-order chi connectivity index (χ0) is 13.0. The quantitative estimate of drug-likeness (QED) is 0.868. The van der Waals surface area contributed by atoms with Crippen molar-refractivity contribution in [3.05, 3.63) is 30.1 Å². The Bertz CT molecular complexity index is 357. The third-order valence-electron chi connectivity index (χ3n) is 3.85. The van der Waals surface area contributed by atoms with Crippen LogP contribution in [-0.4, -0.2) is 58.7 Å². The van der Waals surface area contributed by atoms with E-state index in [2.05, 4.69) is 28.6 Å². The van der Waals surface area contributed by atoms with Gasteiger partial charge in [-0.15, -0.1) is 0 Å². The molecule has 1 aliphatic heterocycles. The molecule has 2 unspecified atom stereocenters. The molecule has 1 saturated heterocycles. The molecule has 0 bridgehead atoms. The number of pyridine rings is 1. The number of aliphatic hydroxyl groups is 1. The number of piperazine rings is 1. The first-order valence-corrected chi connectivity index (χ1v) is 6.76. The first-order valence-electron chi connectivity index (χ1n) is 6.76. The standard InChI is InChI=1S/C14H23N3O/c1-3-16-8-9-17(10-12(16)2)14(11-18)13-6-4-5-7-15-13/h4-7,12,14,18H,3,8-11H2,1-2H3. The number of rotatable bonds is 4. The number of hydrogen-bond acceptors (Lipinski definition) is 4. The Hall–Kier alpha value is -0.970. The largest absolute Gasteiger partial charge is 0.394 e. The van der Waals surface area contributed by atoms with Gasteiger partial charge in [0, 0.05) is 31.9 Å². The smallest absolute Gasteiger partial charge is 0.0755 e. The molecule has 100 valence electrons. The molecule has 1 aromatic heterocycles. The van der Waals surface area contributed by atoms with Gasteiger partial charge in [-0.1, -0.05) is 13.0 Å². The molecule has 0 aliphatic carbocycles. The molecule has 18 heavy (non-hydrogen) atoms. The first-order chi connectivity index (χ1) is 8.76. The van der Waals surface area contributed by atoms with Crippen molar-refractivity contribution in [1.82, 2.24) is 14.8 Å². The van der Waals surface area contributed by atoms with Crippen molar-refractivity contribution in [3.8, 4) is 0 Å². The fourth-order valence-corrected chi connectivity index (χ4v) is 2.75. The molecule has 1 aliphatic rings. The van der Waals surface area contributed by atoms with Gasteiger partial charge in [0.2, 0.25) is 0 Å². The molecule has 0 aromatic carbocycles. The Balaban J connectivity index is 2.06. The monoisotopic (exact) mass is 249 g/mol. The lowest BCUT2D eigenvalue weighted by Gasteiger charge is -2.42. The maximum absolute atomic E-state index is 9.65. The van der Waals surface area contributed by atoms with Crippen LogP contribution in [0.2, 0.25) is 0 Å². The lowest BCUT2D eigenvalue weighted by Crippen LogP contribution is -2.53. The van der Waals surface area contributed by atoms with Crippen molar-refractivity contribution in [2.24, 2.45) is 0 Å². The van der Waals surface area contributed by atoms with Crippen LogP contribution in [0.4, 0.5) is 0 Å². The summed E-state index contributed by atoms with van der Waals surface area (Å²) >= 11 is 0. The van der Waals surface area contributed by atoms with Gasteiger partial charge in [0.25, 0.3) is 0 Å². The average molecular weight is 249 g/mol. The molecule has 4 heteroatoms. The van der Waals surface area contributed by atoms with Crippen molar-refractivity contribution in [3.63, 3.8) is 0 Å². The number of likely N-dealkylation sites (N-methyl/N-ethyl adjacent to an activating group) is 1. The second kappa shape index (κ2) is 6.27. The maximum Gasteiger partial charge on any atom is 0.0755 e. The molecular weight excluding hydrogens is 226 g/mol. The predicted molar refractivity (Wildman–Crippen MR) is 72.3 cm³/mol. The van der Waals surface area contributed by atoms with E-state index >= 15 is 0 Å². The summed E-state index contributed by atoms with van der Waals surface area (Å²) in [5.74, 6) is 0. The fraction of sp³-hybridized carbons (Fsp3) is 0.643. The summed E-state index contributed by atoms with van der Waals surface area (Å²) in [5.41, 5.74) is 0.970. The molecule has 0 saturated carbocycles. The number of aromatic nitrogens is 1. The van der Waals surface area contributed by atoms with Crippen LogP contribution in [0.25, 0.3) is 0 Å². The third-order valence-corrected chi connectivity index (χ3v) is 3.85. The molecule has 1 N–H and O–H groups in total. The molecule has 0 radical (unpaired) electrons. The van der Waals surface area contributed by atoms with Gasteiger partial charge >= 0.3 is 0 Å². The van der Waals surface area contributed by atoms with E-state index in [9.17, 15) is 5.11 Å². The Morgan fingerprint density at radius 3 is 2.83 bits per heavy atom. The van der Waals surface area contributed by atoms with E-state index in [-0.39, 0.29) is 12.6 Å². The van der Waals surface area contributed by atoms with Gasteiger partial charge in [-0.25, -0.2) is 0 Å². The highest BCUT2D eigenvalue weighted by Crippen LogP contribution is 2.21. The molecule has 4 nitrogen and oxygen atoms in total. The van der Waals surface area contributed by atoms with Crippen LogP contribution >= 0.6 is 0 Å². The minimum Gasteiger partial charge on any atom is -0.394 e. The highest BCUT2D eigenvalue weighted by molar-refractivity contribution is 5.09.